The summed E-state index contributed by atoms with van der Waals surface area (Å²) < 4.78 is 14.0. The standard InChI is InChI=1S/C19H17N5O5/c1-3-22-18(25)13-6-4-5-7-14(13)23-17(20-21-19(22)23)11-29-16-9-8-12(28-2)10-15(16)24(26)27/h4-10H,3,11H2,1-2H3. The third kappa shape index (κ3) is 3.04. The first-order valence-electron chi connectivity index (χ1n) is 8.86. The first-order valence-corrected chi connectivity index (χ1v) is 8.86. The van der Waals surface area contributed by atoms with Crippen molar-refractivity contribution in [2.45, 2.75) is 20.1 Å². The number of aryl methyl sites for hydroxylation is 1. The number of fused-ring (bicyclic) bond motifs is 3. The van der Waals surface area contributed by atoms with Gasteiger partial charge in [0.15, 0.2) is 11.6 Å². The molecular formula is C19H17N5O5. The van der Waals surface area contributed by atoms with E-state index in [-0.39, 0.29) is 23.6 Å². The molecule has 10 nitrogen and oxygen atoms in total. The second-order valence-electron chi connectivity index (χ2n) is 6.20. The van der Waals surface area contributed by atoms with Crippen molar-refractivity contribution in [2.24, 2.45) is 0 Å². The molecule has 0 amide bonds. The highest BCUT2D eigenvalue weighted by atomic mass is 16.6. The van der Waals surface area contributed by atoms with Crippen molar-refractivity contribution in [3.8, 4) is 11.5 Å². The number of ether oxygens (including phenoxy) is 2. The molecule has 10 heteroatoms. The molecule has 0 atom stereocenters. The molecule has 148 valence electrons. The summed E-state index contributed by atoms with van der Waals surface area (Å²) >= 11 is 0. The predicted molar refractivity (Wildman–Crippen MR) is 104 cm³/mol. The fourth-order valence-corrected chi connectivity index (χ4v) is 3.22. The van der Waals surface area contributed by atoms with Crippen LogP contribution in [0.1, 0.15) is 12.7 Å². The number of nitro groups is 1. The zero-order chi connectivity index (χ0) is 20.5. The van der Waals surface area contributed by atoms with Crippen LogP contribution in [0.4, 0.5) is 5.69 Å². The summed E-state index contributed by atoms with van der Waals surface area (Å²) in [5, 5.41) is 20.2. The zero-order valence-corrected chi connectivity index (χ0v) is 15.7. The summed E-state index contributed by atoms with van der Waals surface area (Å²) in [4.78, 5) is 23.5. The van der Waals surface area contributed by atoms with E-state index >= 15 is 0 Å². The van der Waals surface area contributed by atoms with E-state index in [9.17, 15) is 14.9 Å². The molecule has 0 aliphatic carbocycles. The minimum absolute atomic E-state index is 0.0692. The first kappa shape index (κ1) is 18.4. The van der Waals surface area contributed by atoms with Gasteiger partial charge in [-0.05, 0) is 31.2 Å². The van der Waals surface area contributed by atoms with Gasteiger partial charge in [-0.2, -0.15) is 0 Å². The second-order valence-corrected chi connectivity index (χ2v) is 6.20. The number of rotatable bonds is 6. The number of benzene rings is 2. The smallest absolute Gasteiger partial charge is 0.314 e. The largest absolute Gasteiger partial charge is 0.496 e. The van der Waals surface area contributed by atoms with E-state index in [0.29, 0.717) is 34.8 Å². The molecule has 2 aromatic carbocycles. The number of para-hydroxylation sites is 1. The maximum atomic E-state index is 12.7. The highest BCUT2D eigenvalue weighted by Gasteiger charge is 2.19. The molecule has 29 heavy (non-hydrogen) atoms. The molecule has 4 aromatic rings. The fraction of sp³-hybridized carbons (Fsp3) is 0.211. The number of nitro benzene ring substituents is 1. The molecule has 2 aromatic heterocycles. The van der Waals surface area contributed by atoms with Crippen LogP contribution in [-0.4, -0.2) is 31.2 Å². The predicted octanol–water partition coefficient (Wildman–Crippen LogP) is 2.56. The molecule has 0 N–H and O–H groups in total. The van der Waals surface area contributed by atoms with Crippen LogP contribution in [0.3, 0.4) is 0 Å². The minimum Gasteiger partial charge on any atom is -0.496 e. The van der Waals surface area contributed by atoms with Gasteiger partial charge in [-0.15, -0.1) is 10.2 Å². The van der Waals surface area contributed by atoms with E-state index in [0.717, 1.165) is 0 Å². The van der Waals surface area contributed by atoms with Crippen molar-refractivity contribution >= 4 is 22.4 Å². The van der Waals surface area contributed by atoms with Gasteiger partial charge in [0.2, 0.25) is 5.78 Å². The lowest BCUT2D eigenvalue weighted by molar-refractivity contribution is -0.386. The number of hydrogen-bond acceptors (Lipinski definition) is 7. The molecule has 0 bridgehead atoms. The summed E-state index contributed by atoms with van der Waals surface area (Å²) in [6.07, 6.45) is 0. The molecule has 0 aliphatic rings. The average Bonchev–Trinajstić information content (AvgIpc) is 3.16. The lowest BCUT2D eigenvalue weighted by atomic mass is 10.2. The van der Waals surface area contributed by atoms with Crippen molar-refractivity contribution in [2.75, 3.05) is 7.11 Å². The van der Waals surface area contributed by atoms with Crippen molar-refractivity contribution in [1.29, 1.82) is 0 Å². The lowest BCUT2D eigenvalue weighted by Gasteiger charge is -2.10. The Morgan fingerprint density at radius 2 is 1.97 bits per heavy atom. The van der Waals surface area contributed by atoms with Gasteiger partial charge in [0, 0.05) is 6.54 Å². The molecule has 2 heterocycles. The van der Waals surface area contributed by atoms with Gasteiger partial charge in [-0.25, -0.2) is 0 Å². The van der Waals surface area contributed by atoms with Gasteiger partial charge < -0.3 is 9.47 Å². The van der Waals surface area contributed by atoms with Crippen LogP contribution in [0.5, 0.6) is 11.5 Å². The van der Waals surface area contributed by atoms with Crippen molar-refractivity contribution < 1.29 is 14.4 Å². The molecule has 0 fully saturated rings. The Morgan fingerprint density at radius 1 is 1.17 bits per heavy atom. The van der Waals surface area contributed by atoms with E-state index < -0.39 is 4.92 Å². The van der Waals surface area contributed by atoms with Gasteiger partial charge >= 0.3 is 5.69 Å². The summed E-state index contributed by atoms with van der Waals surface area (Å²) in [7, 11) is 1.43. The molecule has 4 rings (SSSR count). The van der Waals surface area contributed by atoms with Gasteiger partial charge in [0.1, 0.15) is 12.4 Å². The van der Waals surface area contributed by atoms with Gasteiger partial charge in [-0.1, -0.05) is 12.1 Å². The summed E-state index contributed by atoms with van der Waals surface area (Å²) in [5.74, 6) is 1.25. The van der Waals surface area contributed by atoms with Gasteiger partial charge in [0.05, 0.1) is 29.0 Å². The third-order valence-corrected chi connectivity index (χ3v) is 4.61. The second kappa shape index (κ2) is 7.23. The number of methoxy groups -OCH3 is 1. The van der Waals surface area contributed by atoms with Crippen molar-refractivity contribution in [3.63, 3.8) is 0 Å². The Labute approximate surface area is 164 Å². The van der Waals surface area contributed by atoms with Crippen molar-refractivity contribution in [1.82, 2.24) is 19.2 Å². The third-order valence-electron chi connectivity index (χ3n) is 4.61. The lowest BCUT2D eigenvalue weighted by Crippen LogP contribution is -2.22. The fourth-order valence-electron chi connectivity index (χ4n) is 3.22. The summed E-state index contributed by atoms with van der Waals surface area (Å²) in [5.41, 5.74) is 0.278. The Hall–Kier alpha value is -3.95. The SMILES string of the molecule is CCn1c(=O)c2ccccc2n2c(COc3ccc(OC)cc3[N+](=O)[O-])nnc12. The molecule has 0 aliphatic heterocycles. The normalized spacial score (nSPS) is 11.1. The van der Waals surface area contributed by atoms with Crippen LogP contribution < -0.4 is 15.0 Å². The number of hydrogen-bond donors (Lipinski definition) is 0. The van der Waals surface area contributed by atoms with Crippen LogP contribution in [-0.2, 0) is 13.2 Å². The Balaban J connectivity index is 1.80. The minimum atomic E-state index is -0.538. The van der Waals surface area contributed by atoms with E-state index in [1.54, 1.807) is 28.7 Å². The maximum absolute atomic E-state index is 12.7. The van der Waals surface area contributed by atoms with E-state index in [1.807, 2.05) is 13.0 Å². The van der Waals surface area contributed by atoms with Crippen LogP contribution in [0.15, 0.2) is 47.3 Å². The van der Waals surface area contributed by atoms with Crippen molar-refractivity contribution in [3.05, 3.63) is 68.8 Å². The number of aromatic nitrogens is 4. The molecule has 0 radical (unpaired) electrons. The Kier molecular flexibility index (Phi) is 4.59. The summed E-state index contributed by atoms with van der Waals surface area (Å²) in [6.45, 7) is 2.21. The first-order chi connectivity index (χ1) is 14.0. The molecule has 0 saturated heterocycles. The average molecular weight is 395 g/mol. The van der Waals surface area contributed by atoms with E-state index in [2.05, 4.69) is 10.2 Å². The topological polar surface area (TPSA) is 114 Å². The maximum Gasteiger partial charge on any atom is 0.314 e. The quantitative estimate of drug-likeness (QED) is 0.364. The van der Waals surface area contributed by atoms with Crippen LogP contribution >= 0.6 is 0 Å². The Bertz CT molecular complexity index is 1290. The van der Waals surface area contributed by atoms with Crippen LogP contribution in [0.2, 0.25) is 0 Å². The molecule has 0 unspecified atom stereocenters. The van der Waals surface area contributed by atoms with Crippen LogP contribution in [0, 0.1) is 10.1 Å². The highest BCUT2D eigenvalue weighted by Crippen LogP contribution is 2.31. The molecule has 0 spiro atoms. The monoisotopic (exact) mass is 395 g/mol. The Morgan fingerprint density at radius 3 is 2.69 bits per heavy atom. The number of nitrogens with zero attached hydrogens (tertiary/aromatic N) is 5. The highest BCUT2D eigenvalue weighted by molar-refractivity contribution is 5.80. The molecule has 0 saturated carbocycles. The van der Waals surface area contributed by atoms with Gasteiger partial charge in [-0.3, -0.25) is 23.9 Å². The molecular weight excluding hydrogens is 378 g/mol. The van der Waals surface area contributed by atoms with Crippen LogP contribution in [0.25, 0.3) is 16.7 Å². The zero-order valence-electron chi connectivity index (χ0n) is 15.7. The van der Waals surface area contributed by atoms with Gasteiger partial charge in [0.25, 0.3) is 5.56 Å². The van der Waals surface area contributed by atoms with E-state index in [1.165, 1.54) is 23.8 Å². The summed E-state index contributed by atoms with van der Waals surface area (Å²) in [6, 6.07) is 11.5. The van der Waals surface area contributed by atoms with E-state index in [4.69, 9.17) is 9.47 Å².